The molecule has 2 heterocycles. The maximum atomic E-state index is 4.26. The van der Waals surface area contributed by atoms with Gasteiger partial charge in [0.15, 0.2) is 5.82 Å². The lowest BCUT2D eigenvalue weighted by Crippen LogP contribution is -2.10. The lowest BCUT2D eigenvalue weighted by molar-refractivity contribution is 0.609. The fraction of sp³-hybridized carbons (Fsp3) is 0.214. The van der Waals surface area contributed by atoms with E-state index in [-0.39, 0.29) is 0 Å². The van der Waals surface area contributed by atoms with Crippen LogP contribution in [0.5, 0.6) is 0 Å². The zero-order valence-corrected chi connectivity index (χ0v) is 11.3. The van der Waals surface area contributed by atoms with Crippen molar-refractivity contribution < 1.29 is 0 Å². The highest BCUT2D eigenvalue weighted by atomic mass is 15.4. The minimum absolute atomic E-state index is 0.756. The first-order chi connectivity index (χ1) is 9.83. The maximum Gasteiger partial charge on any atom is 0.161 e. The number of aromatic nitrogens is 5. The van der Waals surface area contributed by atoms with E-state index >= 15 is 0 Å². The molecule has 0 bridgehead atoms. The van der Waals surface area contributed by atoms with E-state index in [2.05, 4.69) is 20.6 Å². The quantitative estimate of drug-likeness (QED) is 0.766. The molecule has 3 aromatic rings. The van der Waals surface area contributed by atoms with E-state index in [1.54, 1.807) is 6.20 Å². The Balaban J connectivity index is 1.59. The van der Waals surface area contributed by atoms with Crippen LogP contribution in [-0.2, 0) is 13.6 Å². The third-order valence-corrected chi connectivity index (χ3v) is 3.03. The summed E-state index contributed by atoms with van der Waals surface area (Å²) in [5.74, 6) is 0.826. The van der Waals surface area contributed by atoms with Gasteiger partial charge in [-0.15, -0.1) is 5.10 Å². The Morgan fingerprint density at radius 3 is 2.80 bits per heavy atom. The Morgan fingerprint density at radius 2 is 2.05 bits per heavy atom. The van der Waals surface area contributed by atoms with Gasteiger partial charge in [-0.05, 0) is 12.1 Å². The van der Waals surface area contributed by atoms with E-state index in [1.165, 1.54) is 0 Å². The molecule has 0 aliphatic rings. The predicted octanol–water partition coefficient (Wildman–Crippen LogP) is 1.79. The molecule has 0 atom stereocenters. The number of rotatable bonds is 5. The Labute approximate surface area is 117 Å². The molecule has 1 aromatic carbocycles. The summed E-state index contributed by atoms with van der Waals surface area (Å²) in [5.41, 5.74) is 1.90. The van der Waals surface area contributed by atoms with Crippen molar-refractivity contribution in [1.82, 2.24) is 24.5 Å². The molecule has 0 saturated carbocycles. The second kappa shape index (κ2) is 5.56. The standard InChI is InChI=1S/C14H16N6/c1-19-9-7-16-14(19)13-11-20(18-17-13)10-8-15-12-5-3-2-4-6-12/h2-7,9,11,15H,8,10H2,1H3. The van der Waals surface area contributed by atoms with Gasteiger partial charge in [0.05, 0.1) is 12.7 Å². The van der Waals surface area contributed by atoms with Gasteiger partial charge in [-0.2, -0.15) is 0 Å². The van der Waals surface area contributed by atoms with Crippen molar-refractivity contribution in [1.29, 1.82) is 0 Å². The summed E-state index contributed by atoms with van der Waals surface area (Å²) in [6, 6.07) is 10.1. The van der Waals surface area contributed by atoms with E-state index in [0.717, 1.165) is 30.3 Å². The largest absolute Gasteiger partial charge is 0.383 e. The fourth-order valence-electron chi connectivity index (χ4n) is 1.99. The number of para-hydroxylation sites is 1. The van der Waals surface area contributed by atoms with E-state index < -0.39 is 0 Å². The molecule has 1 N–H and O–H groups in total. The molecule has 20 heavy (non-hydrogen) atoms. The van der Waals surface area contributed by atoms with Crippen LogP contribution in [-0.4, -0.2) is 31.1 Å². The maximum absolute atomic E-state index is 4.26. The Morgan fingerprint density at radius 1 is 1.20 bits per heavy atom. The fourth-order valence-corrected chi connectivity index (χ4v) is 1.99. The summed E-state index contributed by atoms with van der Waals surface area (Å²) in [5, 5.41) is 11.6. The van der Waals surface area contributed by atoms with Gasteiger partial charge in [-0.25, -0.2) is 4.98 Å². The highest BCUT2D eigenvalue weighted by Crippen LogP contribution is 2.12. The summed E-state index contributed by atoms with van der Waals surface area (Å²) >= 11 is 0. The number of anilines is 1. The third kappa shape index (κ3) is 2.69. The average molecular weight is 268 g/mol. The molecular weight excluding hydrogens is 252 g/mol. The van der Waals surface area contributed by atoms with Crippen molar-refractivity contribution in [2.24, 2.45) is 7.05 Å². The summed E-state index contributed by atoms with van der Waals surface area (Å²) in [6.07, 6.45) is 5.56. The van der Waals surface area contributed by atoms with Crippen LogP contribution in [0.3, 0.4) is 0 Å². The van der Waals surface area contributed by atoms with E-state index in [0.29, 0.717) is 0 Å². The van der Waals surface area contributed by atoms with E-state index in [4.69, 9.17) is 0 Å². The molecule has 0 saturated heterocycles. The summed E-state index contributed by atoms with van der Waals surface area (Å²) in [4.78, 5) is 4.26. The van der Waals surface area contributed by atoms with Crippen LogP contribution >= 0.6 is 0 Å². The number of aryl methyl sites for hydroxylation is 1. The average Bonchev–Trinajstić information content (AvgIpc) is 3.09. The van der Waals surface area contributed by atoms with Gasteiger partial charge in [-0.3, -0.25) is 4.68 Å². The highest BCUT2D eigenvalue weighted by Gasteiger charge is 2.07. The third-order valence-electron chi connectivity index (χ3n) is 3.03. The first-order valence-electron chi connectivity index (χ1n) is 6.50. The van der Waals surface area contributed by atoms with Gasteiger partial charge in [0.25, 0.3) is 0 Å². The van der Waals surface area contributed by atoms with Crippen molar-refractivity contribution in [3.05, 3.63) is 48.9 Å². The first-order valence-corrected chi connectivity index (χ1v) is 6.50. The van der Waals surface area contributed by atoms with Crippen LogP contribution in [0.4, 0.5) is 5.69 Å². The molecule has 0 unspecified atom stereocenters. The molecule has 6 nitrogen and oxygen atoms in total. The van der Waals surface area contributed by atoms with Crippen LogP contribution in [0, 0.1) is 0 Å². The second-order valence-corrected chi connectivity index (χ2v) is 4.52. The Kier molecular flexibility index (Phi) is 3.45. The van der Waals surface area contributed by atoms with Crippen molar-refractivity contribution >= 4 is 5.69 Å². The van der Waals surface area contributed by atoms with E-state index in [9.17, 15) is 0 Å². The van der Waals surface area contributed by atoms with E-state index in [1.807, 2.05) is 59.0 Å². The number of imidazole rings is 1. The molecule has 6 heteroatoms. The van der Waals surface area contributed by atoms with Crippen molar-refractivity contribution in [3.8, 4) is 11.5 Å². The SMILES string of the molecule is Cn1ccnc1-c1cn(CCNc2ccccc2)nn1. The number of hydrogen-bond acceptors (Lipinski definition) is 4. The van der Waals surface area contributed by atoms with Gasteiger partial charge in [0.1, 0.15) is 5.69 Å². The number of benzene rings is 1. The lowest BCUT2D eigenvalue weighted by atomic mass is 10.3. The molecule has 0 aliphatic carbocycles. The molecule has 0 radical (unpaired) electrons. The topological polar surface area (TPSA) is 60.6 Å². The monoisotopic (exact) mass is 268 g/mol. The molecule has 102 valence electrons. The van der Waals surface area contributed by atoms with Crippen LogP contribution in [0.2, 0.25) is 0 Å². The molecule has 0 fully saturated rings. The normalized spacial score (nSPS) is 10.7. The first kappa shape index (κ1) is 12.4. The lowest BCUT2D eigenvalue weighted by Gasteiger charge is -2.05. The molecular formula is C14H16N6. The van der Waals surface area contributed by atoms with Crippen molar-refractivity contribution in [2.75, 3.05) is 11.9 Å². The smallest absolute Gasteiger partial charge is 0.161 e. The summed E-state index contributed by atoms with van der Waals surface area (Å²) < 4.78 is 3.75. The zero-order chi connectivity index (χ0) is 13.8. The number of nitrogens with one attached hydrogen (secondary N) is 1. The number of hydrogen-bond donors (Lipinski definition) is 1. The minimum Gasteiger partial charge on any atom is -0.383 e. The van der Waals surface area contributed by atoms with Crippen LogP contribution < -0.4 is 5.32 Å². The Hall–Kier alpha value is -2.63. The minimum atomic E-state index is 0.756. The number of nitrogens with zero attached hydrogens (tertiary/aromatic N) is 5. The zero-order valence-electron chi connectivity index (χ0n) is 11.3. The van der Waals surface area contributed by atoms with Gasteiger partial charge < -0.3 is 9.88 Å². The molecule has 3 rings (SSSR count). The molecule has 0 aliphatic heterocycles. The molecule has 0 amide bonds. The highest BCUT2D eigenvalue weighted by molar-refractivity contribution is 5.47. The van der Waals surface area contributed by atoms with Crippen LogP contribution in [0.25, 0.3) is 11.5 Å². The predicted molar refractivity (Wildman–Crippen MR) is 77.2 cm³/mol. The van der Waals surface area contributed by atoms with Gasteiger partial charge >= 0.3 is 0 Å². The van der Waals surface area contributed by atoms with Gasteiger partial charge in [0, 0.05) is 31.7 Å². The van der Waals surface area contributed by atoms with Gasteiger partial charge in [0.2, 0.25) is 0 Å². The van der Waals surface area contributed by atoms with Crippen LogP contribution in [0.1, 0.15) is 0 Å². The molecule has 2 aromatic heterocycles. The summed E-state index contributed by atoms with van der Waals surface area (Å²) in [7, 11) is 1.94. The summed E-state index contributed by atoms with van der Waals surface area (Å²) in [6.45, 7) is 1.56. The van der Waals surface area contributed by atoms with Crippen molar-refractivity contribution in [2.45, 2.75) is 6.54 Å². The second-order valence-electron chi connectivity index (χ2n) is 4.52. The molecule has 0 spiro atoms. The Bertz CT molecular complexity index is 670. The van der Waals surface area contributed by atoms with Crippen molar-refractivity contribution in [3.63, 3.8) is 0 Å². The van der Waals surface area contributed by atoms with Gasteiger partial charge in [-0.1, -0.05) is 23.4 Å². The van der Waals surface area contributed by atoms with Crippen LogP contribution in [0.15, 0.2) is 48.9 Å².